The first kappa shape index (κ1) is 22.7. The molecule has 0 aliphatic heterocycles. The van der Waals surface area contributed by atoms with Crippen LogP contribution in [0.25, 0.3) is 11.2 Å². The van der Waals surface area contributed by atoms with Gasteiger partial charge in [0.25, 0.3) is 5.56 Å². The molecule has 2 aromatic heterocycles. The number of hydrogen-bond acceptors (Lipinski definition) is 6. The van der Waals surface area contributed by atoms with Crippen molar-refractivity contribution in [2.24, 2.45) is 13.0 Å². The van der Waals surface area contributed by atoms with Crippen molar-refractivity contribution in [2.45, 2.75) is 20.0 Å². The number of nitrogens with zero attached hydrogens (tertiary/aromatic N) is 4. The minimum Gasteiger partial charge on any atom is -0.493 e. The number of imidazole rings is 1. The van der Waals surface area contributed by atoms with E-state index in [1.807, 2.05) is 0 Å². The molecule has 1 N–H and O–H groups in total. The molecule has 3 rings (SSSR count). The molecule has 166 valence electrons. The highest BCUT2D eigenvalue weighted by molar-refractivity contribution is 5.72. The predicted octanol–water partition coefficient (Wildman–Crippen LogP) is 0.575. The van der Waals surface area contributed by atoms with Gasteiger partial charge in [0.1, 0.15) is 0 Å². The highest BCUT2D eigenvalue weighted by Gasteiger charge is 2.20. The van der Waals surface area contributed by atoms with Crippen LogP contribution in [0, 0.1) is 30.1 Å². The first-order valence-corrected chi connectivity index (χ1v) is 9.84. The number of aromatic nitrogens is 4. The third kappa shape index (κ3) is 4.11. The van der Waals surface area contributed by atoms with Gasteiger partial charge in [-0.15, -0.1) is 6.42 Å². The average Bonchev–Trinajstić information content (AvgIpc) is 3.13. The van der Waals surface area contributed by atoms with Gasteiger partial charge in [-0.3, -0.25) is 9.36 Å². The number of terminal acetylenes is 1. The number of aliphatic hydroxyl groups is 1. The Bertz CT molecular complexity index is 1380. The Morgan fingerprint density at radius 3 is 2.50 bits per heavy atom. The molecule has 1 aromatic carbocycles. The Hall–Kier alpha value is -3.95. The molecule has 1 atom stereocenters. The van der Waals surface area contributed by atoms with E-state index in [4.69, 9.17) is 15.9 Å². The Morgan fingerprint density at radius 2 is 1.88 bits per heavy atom. The van der Waals surface area contributed by atoms with E-state index in [1.165, 1.54) is 16.2 Å². The van der Waals surface area contributed by atoms with E-state index in [0.29, 0.717) is 22.9 Å². The second-order valence-electron chi connectivity index (χ2n) is 7.26. The number of hydrogen-bond donors (Lipinski definition) is 1. The standard InChI is InChI=1S/C23H24N4O5/c1-6-11-26-22(29)20-21(27(23(26)30)13-15(2)14-28)24-19(25(20)3)10-8-16-7-9-17(31-4)18(12-16)32-5/h1,7,9,12,15,28H,11,13-14H2,2-5H3. The van der Waals surface area contributed by atoms with Gasteiger partial charge in [-0.05, 0) is 30.0 Å². The largest absolute Gasteiger partial charge is 0.493 e. The third-order valence-electron chi connectivity index (χ3n) is 5.00. The molecule has 3 aromatic rings. The first-order valence-electron chi connectivity index (χ1n) is 9.84. The van der Waals surface area contributed by atoms with E-state index in [1.54, 1.807) is 39.3 Å². The zero-order chi connectivity index (χ0) is 23.4. The Kier molecular flexibility index (Phi) is 6.72. The van der Waals surface area contributed by atoms with E-state index in [-0.39, 0.29) is 36.8 Å². The molecular formula is C23H24N4O5. The van der Waals surface area contributed by atoms with Crippen LogP contribution < -0.4 is 20.7 Å². The van der Waals surface area contributed by atoms with Crippen molar-refractivity contribution >= 4 is 11.2 Å². The minimum absolute atomic E-state index is 0.124. The molecule has 0 aliphatic carbocycles. The Morgan fingerprint density at radius 1 is 1.16 bits per heavy atom. The monoisotopic (exact) mass is 436 g/mol. The quantitative estimate of drug-likeness (QED) is 0.568. The molecule has 0 saturated carbocycles. The van der Waals surface area contributed by atoms with E-state index in [0.717, 1.165) is 4.57 Å². The molecule has 2 heterocycles. The predicted molar refractivity (Wildman–Crippen MR) is 120 cm³/mol. The summed E-state index contributed by atoms with van der Waals surface area (Å²) in [5.41, 5.74) is -0.0386. The lowest BCUT2D eigenvalue weighted by Crippen LogP contribution is -2.41. The van der Waals surface area contributed by atoms with Crippen molar-refractivity contribution in [3.8, 4) is 35.7 Å². The molecule has 0 aliphatic rings. The molecule has 9 nitrogen and oxygen atoms in total. The maximum Gasteiger partial charge on any atom is 0.333 e. The fourth-order valence-electron chi connectivity index (χ4n) is 3.28. The van der Waals surface area contributed by atoms with Crippen molar-refractivity contribution in [2.75, 3.05) is 20.8 Å². The lowest BCUT2D eigenvalue weighted by Gasteiger charge is -2.13. The summed E-state index contributed by atoms with van der Waals surface area (Å²) in [5, 5.41) is 9.45. The summed E-state index contributed by atoms with van der Waals surface area (Å²) >= 11 is 0. The average molecular weight is 436 g/mol. The molecule has 0 radical (unpaired) electrons. The Balaban J connectivity index is 2.21. The van der Waals surface area contributed by atoms with Gasteiger partial charge in [-0.2, -0.15) is 0 Å². The second kappa shape index (κ2) is 9.46. The molecule has 0 fully saturated rings. The molecule has 9 heteroatoms. The molecule has 0 spiro atoms. The van der Waals surface area contributed by atoms with Crippen molar-refractivity contribution in [3.63, 3.8) is 0 Å². The molecule has 0 amide bonds. The maximum atomic E-state index is 13.0. The molecule has 0 saturated heterocycles. The zero-order valence-electron chi connectivity index (χ0n) is 18.4. The van der Waals surface area contributed by atoms with Crippen LogP contribution in [0.15, 0.2) is 27.8 Å². The normalized spacial score (nSPS) is 11.5. The lowest BCUT2D eigenvalue weighted by molar-refractivity contribution is 0.222. The van der Waals surface area contributed by atoms with Crippen LogP contribution in [-0.2, 0) is 20.1 Å². The molecule has 0 bridgehead atoms. The highest BCUT2D eigenvalue weighted by Crippen LogP contribution is 2.27. The van der Waals surface area contributed by atoms with Crippen LogP contribution in [0.5, 0.6) is 11.5 Å². The van der Waals surface area contributed by atoms with Gasteiger partial charge in [0, 0.05) is 25.8 Å². The number of ether oxygens (including phenoxy) is 2. The van der Waals surface area contributed by atoms with Gasteiger partial charge in [0.05, 0.1) is 20.8 Å². The van der Waals surface area contributed by atoms with E-state index < -0.39 is 11.2 Å². The third-order valence-corrected chi connectivity index (χ3v) is 5.00. The lowest BCUT2D eigenvalue weighted by atomic mass is 10.2. The number of aryl methyl sites for hydroxylation is 1. The van der Waals surface area contributed by atoms with Crippen LogP contribution >= 0.6 is 0 Å². The maximum absolute atomic E-state index is 13.0. The smallest absolute Gasteiger partial charge is 0.333 e. The van der Waals surface area contributed by atoms with Gasteiger partial charge >= 0.3 is 5.69 Å². The van der Waals surface area contributed by atoms with Crippen molar-refractivity contribution in [1.29, 1.82) is 0 Å². The number of methoxy groups -OCH3 is 2. The zero-order valence-corrected chi connectivity index (χ0v) is 18.4. The van der Waals surface area contributed by atoms with Gasteiger partial charge in [-0.25, -0.2) is 14.3 Å². The number of benzene rings is 1. The van der Waals surface area contributed by atoms with Crippen LogP contribution in [-0.4, -0.2) is 44.6 Å². The SMILES string of the molecule is C#CCn1c(=O)c2c(nc(C#Cc3ccc(OC)c(OC)c3)n2C)n(CC(C)CO)c1=O. The van der Waals surface area contributed by atoms with Crippen molar-refractivity contribution in [1.82, 2.24) is 18.7 Å². The summed E-state index contributed by atoms with van der Waals surface area (Å²) in [7, 11) is 4.74. The number of aliphatic hydroxyl groups excluding tert-OH is 1. The van der Waals surface area contributed by atoms with Crippen LogP contribution in [0.4, 0.5) is 0 Å². The first-order chi connectivity index (χ1) is 15.4. The van der Waals surface area contributed by atoms with E-state index in [9.17, 15) is 14.7 Å². The van der Waals surface area contributed by atoms with Gasteiger partial charge in [0.2, 0.25) is 0 Å². The fourth-order valence-corrected chi connectivity index (χ4v) is 3.28. The number of fused-ring (bicyclic) bond motifs is 1. The second-order valence-corrected chi connectivity index (χ2v) is 7.26. The summed E-state index contributed by atoms with van der Waals surface area (Å²) in [6, 6.07) is 5.24. The fraction of sp³-hybridized carbons (Fsp3) is 0.348. The summed E-state index contributed by atoms with van der Waals surface area (Å²) < 4.78 is 14.4. The summed E-state index contributed by atoms with van der Waals surface area (Å²) in [6.07, 6.45) is 5.36. The number of rotatable bonds is 6. The van der Waals surface area contributed by atoms with E-state index >= 15 is 0 Å². The molecule has 1 unspecified atom stereocenters. The summed E-state index contributed by atoms with van der Waals surface area (Å²) in [4.78, 5) is 30.4. The summed E-state index contributed by atoms with van der Waals surface area (Å²) in [6.45, 7) is 1.67. The highest BCUT2D eigenvalue weighted by atomic mass is 16.5. The van der Waals surface area contributed by atoms with Crippen molar-refractivity contribution in [3.05, 3.63) is 50.4 Å². The molecular weight excluding hydrogens is 412 g/mol. The van der Waals surface area contributed by atoms with Crippen LogP contribution in [0.3, 0.4) is 0 Å². The Labute approximate surface area is 184 Å². The van der Waals surface area contributed by atoms with Gasteiger partial charge < -0.3 is 19.1 Å². The summed E-state index contributed by atoms with van der Waals surface area (Å²) in [5.74, 6) is 9.48. The minimum atomic E-state index is -0.571. The van der Waals surface area contributed by atoms with Crippen LogP contribution in [0.2, 0.25) is 0 Å². The van der Waals surface area contributed by atoms with Gasteiger partial charge in [-0.1, -0.05) is 18.8 Å². The van der Waals surface area contributed by atoms with E-state index in [2.05, 4.69) is 22.7 Å². The topological polar surface area (TPSA) is 101 Å². The van der Waals surface area contributed by atoms with Crippen molar-refractivity contribution < 1.29 is 14.6 Å². The molecule has 32 heavy (non-hydrogen) atoms. The van der Waals surface area contributed by atoms with Crippen LogP contribution in [0.1, 0.15) is 18.3 Å². The van der Waals surface area contributed by atoms with Gasteiger partial charge in [0.15, 0.2) is 28.5 Å².